The normalized spacial score (nSPS) is 10.6. The van der Waals surface area contributed by atoms with Gasteiger partial charge in [0.2, 0.25) is 0 Å². The number of hydrogen-bond donors (Lipinski definition) is 0. The molecule has 150 valence electrons. The molecule has 4 heteroatoms. The van der Waals surface area contributed by atoms with Gasteiger partial charge in [0, 0.05) is 12.0 Å². The molecule has 0 radical (unpaired) electrons. The molecule has 0 amide bonds. The van der Waals surface area contributed by atoms with Crippen LogP contribution in [0.5, 0.6) is 11.7 Å². The Morgan fingerprint density at radius 2 is 1.57 bits per heavy atom. The number of rotatable bonds is 7. The molecule has 0 aliphatic heterocycles. The summed E-state index contributed by atoms with van der Waals surface area (Å²) in [6, 6.07) is 27.6. The van der Waals surface area contributed by atoms with Gasteiger partial charge in [-0.1, -0.05) is 79.7 Å². The minimum absolute atomic E-state index is 0.195. The van der Waals surface area contributed by atoms with Gasteiger partial charge in [0.1, 0.15) is 18.6 Å². The predicted molar refractivity (Wildman–Crippen MR) is 116 cm³/mol. The van der Waals surface area contributed by atoms with Gasteiger partial charge < -0.3 is 13.9 Å². The standard InChI is InChI=1S/C26H22O4/c1-2-24(27)30-26-25(23(18-29-26)20-12-7-4-8-13-20)21-14-9-15-22(16-21)28-17-19-10-5-3-6-11-19/h3-16,18H,2,17H2,1H3. The van der Waals surface area contributed by atoms with E-state index >= 15 is 0 Å². The van der Waals surface area contributed by atoms with Crippen LogP contribution in [0.25, 0.3) is 22.3 Å². The van der Waals surface area contributed by atoms with E-state index in [2.05, 4.69) is 0 Å². The Hall–Kier alpha value is -3.79. The minimum atomic E-state index is -0.346. The van der Waals surface area contributed by atoms with Crippen molar-refractivity contribution >= 4 is 5.97 Å². The molecule has 0 saturated carbocycles. The number of benzene rings is 3. The van der Waals surface area contributed by atoms with E-state index in [0.29, 0.717) is 6.61 Å². The van der Waals surface area contributed by atoms with Crippen molar-refractivity contribution in [1.29, 1.82) is 0 Å². The van der Waals surface area contributed by atoms with Crippen molar-refractivity contribution in [3.8, 4) is 33.9 Å². The number of carbonyl (C=O) groups is 1. The summed E-state index contributed by atoms with van der Waals surface area (Å²) >= 11 is 0. The maximum atomic E-state index is 11.9. The first-order valence-corrected chi connectivity index (χ1v) is 9.89. The highest BCUT2D eigenvalue weighted by Crippen LogP contribution is 2.42. The molecule has 3 aromatic carbocycles. The quantitative estimate of drug-likeness (QED) is 0.333. The largest absolute Gasteiger partial charge is 0.489 e. The first-order valence-electron chi connectivity index (χ1n) is 9.89. The fourth-order valence-corrected chi connectivity index (χ4v) is 3.18. The minimum Gasteiger partial charge on any atom is -0.489 e. The van der Waals surface area contributed by atoms with E-state index in [4.69, 9.17) is 13.9 Å². The van der Waals surface area contributed by atoms with Crippen LogP contribution >= 0.6 is 0 Å². The molecular formula is C26H22O4. The lowest BCUT2D eigenvalue weighted by Crippen LogP contribution is -2.05. The Kier molecular flexibility index (Phi) is 5.95. The van der Waals surface area contributed by atoms with E-state index in [1.54, 1.807) is 13.2 Å². The zero-order chi connectivity index (χ0) is 20.8. The molecule has 0 unspecified atom stereocenters. The maximum Gasteiger partial charge on any atom is 0.313 e. The Bertz CT molecular complexity index is 1110. The molecule has 30 heavy (non-hydrogen) atoms. The first kappa shape index (κ1) is 19.5. The second kappa shape index (κ2) is 9.14. The second-order valence-corrected chi connectivity index (χ2v) is 6.81. The summed E-state index contributed by atoms with van der Waals surface area (Å²) in [6.45, 7) is 2.22. The van der Waals surface area contributed by atoms with Gasteiger partial charge in [-0.3, -0.25) is 4.79 Å². The highest BCUT2D eigenvalue weighted by atomic mass is 16.6. The zero-order valence-corrected chi connectivity index (χ0v) is 16.7. The van der Waals surface area contributed by atoms with Crippen LogP contribution in [0.2, 0.25) is 0 Å². The van der Waals surface area contributed by atoms with Crippen LogP contribution in [-0.2, 0) is 11.4 Å². The summed E-state index contributed by atoms with van der Waals surface area (Å²) in [6.07, 6.45) is 1.89. The highest BCUT2D eigenvalue weighted by Gasteiger charge is 2.21. The van der Waals surface area contributed by atoms with Crippen LogP contribution in [0, 0.1) is 0 Å². The number of esters is 1. The van der Waals surface area contributed by atoms with Gasteiger partial charge in [0.05, 0.1) is 5.56 Å². The van der Waals surface area contributed by atoms with Crippen molar-refractivity contribution in [2.75, 3.05) is 0 Å². The lowest BCUT2D eigenvalue weighted by atomic mass is 9.98. The zero-order valence-electron chi connectivity index (χ0n) is 16.7. The van der Waals surface area contributed by atoms with Gasteiger partial charge in [0.15, 0.2) is 0 Å². The highest BCUT2D eigenvalue weighted by molar-refractivity contribution is 5.88. The monoisotopic (exact) mass is 398 g/mol. The number of carbonyl (C=O) groups excluding carboxylic acids is 1. The Morgan fingerprint density at radius 1 is 0.867 bits per heavy atom. The average Bonchev–Trinajstić information content (AvgIpc) is 3.22. The molecule has 0 bridgehead atoms. The van der Waals surface area contributed by atoms with Gasteiger partial charge in [-0.25, -0.2) is 0 Å². The van der Waals surface area contributed by atoms with Crippen LogP contribution in [0.15, 0.2) is 95.6 Å². The molecule has 4 rings (SSSR count). The lowest BCUT2D eigenvalue weighted by Gasteiger charge is -2.10. The predicted octanol–water partition coefficient (Wildman–Crippen LogP) is 6.51. The van der Waals surface area contributed by atoms with Crippen LogP contribution in [0.4, 0.5) is 0 Å². The number of hydrogen-bond acceptors (Lipinski definition) is 4. The van der Waals surface area contributed by atoms with Gasteiger partial charge in [-0.2, -0.15) is 0 Å². The van der Waals surface area contributed by atoms with E-state index in [1.165, 1.54) is 0 Å². The van der Waals surface area contributed by atoms with Crippen LogP contribution in [0.3, 0.4) is 0 Å². The van der Waals surface area contributed by atoms with E-state index in [1.807, 2.05) is 84.9 Å². The molecule has 0 N–H and O–H groups in total. The molecule has 0 spiro atoms. The summed E-state index contributed by atoms with van der Waals surface area (Å²) in [5.41, 5.74) is 4.51. The molecule has 0 aliphatic rings. The van der Waals surface area contributed by atoms with Crippen molar-refractivity contribution in [2.24, 2.45) is 0 Å². The van der Waals surface area contributed by atoms with E-state index in [9.17, 15) is 4.79 Å². The molecule has 0 aliphatic carbocycles. The first-order chi connectivity index (χ1) is 14.7. The van der Waals surface area contributed by atoms with Crippen LogP contribution in [0.1, 0.15) is 18.9 Å². The van der Waals surface area contributed by atoms with Gasteiger partial charge in [-0.05, 0) is 28.8 Å². The molecular weight excluding hydrogens is 376 g/mol. The van der Waals surface area contributed by atoms with Crippen molar-refractivity contribution in [3.05, 3.63) is 96.8 Å². The summed E-state index contributed by atoms with van der Waals surface area (Å²) in [7, 11) is 0. The van der Waals surface area contributed by atoms with Crippen LogP contribution in [-0.4, -0.2) is 5.97 Å². The lowest BCUT2D eigenvalue weighted by molar-refractivity contribution is -0.135. The average molecular weight is 398 g/mol. The summed E-state index contributed by atoms with van der Waals surface area (Å²) in [4.78, 5) is 11.9. The van der Waals surface area contributed by atoms with Gasteiger partial charge in [-0.15, -0.1) is 0 Å². The summed E-state index contributed by atoms with van der Waals surface area (Å²) < 4.78 is 17.1. The van der Waals surface area contributed by atoms with Gasteiger partial charge in [0.25, 0.3) is 0 Å². The topological polar surface area (TPSA) is 48.7 Å². The smallest absolute Gasteiger partial charge is 0.313 e. The van der Waals surface area contributed by atoms with E-state index in [0.717, 1.165) is 33.6 Å². The van der Waals surface area contributed by atoms with Crippen molar-refractivity contribution in [1.82, 2.24) is 0 Å². The SMILES string of the molecule is CCC(=O)Oc1occ(-c2ccccc2)c1-c1cccc(OCc2ccccc2)c1. The molecule has 4 aromatic rings. The van der Waals surface area contributed by atoms with Gasteiger partial charge >= 0.3 is 11.9 Å². The van der Waals surface area contributed by atoms with Crippen LogP contribution < -0.4 is 9.47 Å². The van der Waals surface area contributed by atoms with Crippen molar-refractivity contribution in [3.63, 3.8) is 0 Å². The van der Waals surface area contributed by atoms with Crippen molar-refractivity contribution < 1.29 is 18.7 Å². The Labute approximate surface area is 175 Å². The van der Waals surface area contributed by atoms with E-state index in [-0.39, 0.29) is 18.3 Å². The summed E-state index contributed by atoms with van der Waals surface area (Å²) in [5, 5.41) is 0. The fraction of sp³-hybridized carbons (Fsp3) is 0.115. The Balaban J connectivity index is 1.69. The molecule has 0 atom stereocenters. The Morgan fingerprint density at radius 3 is 2.30 bits per heavy atom. The third-order valence-electron chi connectivity index (χ3n) is 4.71. The third kappa shape index (κ3) is 4.44. The maximum absolute atomic E-state index is 11.9. The fourth-order valence-electron chi connectivity index (χ4n) is 3.18. The molecule has 0 saturated heterocycles. The van der Waals surface area contributed by atoms with Crippen molar-refractivity contribution in [2.45, 2.75) is 20.0 Å². The second-order valence-electron chi connectivity index (χ2n) is 6.81. The molecule has 1 aromatic heterocycles. The third-order valence-corrected chi connectivity index (χ3v) is 4.71. The molecule has 1 heterocycles. The molecule has 4 nitrogen and oxygen atoms in total. The number of furan rings is 1. The number of ether oxygens (including phenoxy) is 2. The summed E-state index contributed by atoms with van der Waals surface area (Å²) in [5.74, 6) is 0.576. The van der Waals surface area contributed by atoms with E-state index < -0.39 is 0 Å². The molecule has 0 fully saturated rings.